The molecule has 20 heavy (non-hydrogen) atoms. The zero-order valence-electron chi connectivity index (χ0n) is 11.8. The van der Waals surface area contributed by atoms with Crippen molar-refractivity contribution in [3.05, 3.63) is 35.9 Å². The molecular formula is C14H22ClN3O2. The van der Waals surface area contributed by atoms with Gasteiger partial charge in [-0.2, -0.15) is 0 Å². The summed E-state index contributed by atoms with van der Waals surface area (Å²) in [6.07, 6.45) is 0.462. The molecule has 0 bridgehead atoms. The Kier molecular flexibility index (Phi) is 7.24. The molecule has 1 atom stereocenters. The Bertz CT molecular complexity index is 449. The van der Waals surface area contributed by atoms with Gasteiger partial charge in [-0.25, -0.2) is 0 Å². The smallest absolute Gasteiger partial charge is 0.237 e. The average Bonchev–Trinajstić information content (AvgIpc) is 2.37. The monoisotopic (exact) mass is 299 g/mol. The third-order valence-corrected chi connectivity index (χ3v) is 3.01. The van der Waals surface area contributed by atoms with Gasteiger partial charge in [-0.3, -0.25) is 9.59 Å². The van der Waals surface area contributed by atoms with Crippen molar-refractivity contribution in [2.75, 3.05) is 6.54 Å². The first-order chi connectivity index (χ1) is 8.83. The zero-order valence-corrected chi connectivity index (χ0v) is 12.6. The summed E-state index contributed by atoms with van der Waals surface area (Å²) >= 11 is 0. The van der Waals surface area contributed by atoms with Crippen LogP contribution in [0.4, 0.5) is 0 Å². The lowest BCUT2D eigenvalue weighted by Gasteiger charge is -2.22. The molecule has 5 nitrogen and oxygen atoms in total. The molecular weight excluding hydrogens is 278 g/mol. The van der Waals surface area contributed by atoms with Crippen LogP contribution in [0.2, 0.25) is 0 Å². The van der Waals surface area contributed by atoms with Crippen LogP contribution >= 0.6 is 12.4 Å². The second kappa shape index (κ2) is 7.87. The van der Waals surface area contributed by atoms with Crippen LogP contribution in [0.5, 0.6) is 0 Å². The normalized spacial score (nSPS) is 12.2. The predicted octanol–water partition coefficient (Wildman–Crippen LogP) is 0.606. The van der Waals surface area contributed by atoms with Gasteiger partial charge in [0.05, 0.1) is 11.5 Å². The molecule has 1 aromatic rings. The molecule has 6 heteroatoms. The topological polar surface area (TPSA) is 98.2 Å². The van der Waals surface area contributed by atoms with Gasteiger partial charge in [0.1, 0.15) is 0 Å². The number of carbonyl (C=O) groups excluding carboxylic acids is 2. The summed E-state index contributed by atoms with van der Waals surface area (Å²) in [4.78, 5) is 23.0. The van der Waals surface area contributed by atoms with Crippen molar-refractivity contribution in [1.29, 1.82) is 0 Å². The summed E-state index contributed by atoms with van der Waals surface area (Å²) in [5.74, 6) is -0.734. The van der Waals surface area contributed by atoms with Crippen LogP contribution in [-0.2, 0) is 16.0 Å². The summed E-state index contributed by atoms with van der Waals surface area (Å²) in [6, 6.07) is 8.91. The SMILES string of the molecule is CC(C)(CNC(=O)C(N)Cc1ccccc1)C(N)=O.Cl. The first kappa shape index (κ1) is 18.4. The Morgan fingerprint density at radius 1 is 1.25 bits per heavy atom. The lowest BCUT2D eigenvalue weighted by molar-refractivity contribution is -0.127. The number of nitrogens with one attached hydrogen (secondary N) is 1. The molecule has 0 radical (unpaired) electrons. The van der Waals surface area contributed by atoms with Crippen molar-refractivity contribution in [1.82, 2.24) is 5.32 Å². The third kappa shape index (κ3) is 5.59. The van der Waals surface area contributed by atoms with Crippen LogP contribution in [-0.4, -0.2) is 24.4 Å². The van der Waals surface area contributed by atoms with E-state index in [0.717, 1.165) is 5.56 Å². The van der Waals surface area contributed by atoms with Crippen molar-refractivity contribution in [2.24, 2.45) is 16.9 Å². The van der Waals surface area contributed by atoms with Gasteiger partial charge in [0, 0.05) is 6.54 Å². The number of carbonyl (C=O) groups is 2. The fourth-order valence-corrected chi connectivity index (χ4v) is 1.49. The molecule has 1 aromatic carbocycles. The van der Waals surface area contributed by atoms with Crippen LogP contribution in [0.25, 0.3) is 0 Å². The van der Waals surface area contributed by atoms with E-state index in [2.05, 4.69) is 5.32 Å². The molecule has 2 amide bonds. The molecule has 1 rings (SSSR count). The van der Waals surface area contributed by atoms with E-state index in [1.165, 1.54) is 0 Å². The maximum Gasteiger partial charge on any atom is 0.237 e. The van der Waals surface area contributed by atoms with E-state index in [9.17, 15) is 9.59 Å². The minimum atomic E-state index is -0.776. The molecule has 0 spiro atoms. The van der Waals surface area contributed by atoms with E-state index < -0.39 is 17.4 Å². The molecule has 112 valence electrons. The highest BCUT2D eigenvalue weighted by Gasteiger charge is 2.26. The number of hydrogen-bond donors (Lipinski definition) is 3. The highest BCUT2D eigenvalue weighted by atomic mass is 35.5. The van der Waals surface area contributed by atoms with Gasteiger partial charge >= 0.3 is 0 Å². The van der Waals surface area contributed by atoms with Gasteiger partial charge in [-0.15, -0.1) is 12.4 Å². The summed E-state index contributed by atoms with van der Waals surface area (Å²) in [5.41, 5.74) is 11.3. The number of halogens is 1. The molecule has 0 fully saturated rings. The Morgan fingerprint density at radius 3 is 2.30 bits per heavy atom. The summed E-state index contributed by atoms with van der Waals surface area (Å²) in [6.45, 7) is 3.54. The summed E-state index contributed by atoms with van der Waals surface area (Å²) < 4.78 is 0. The lowest BCUT2D eigenvalue weighted by Crippen LogP contribution is -2.48. The lowest BCUT2D eigenvalue weighted by atomic mass is 9.92. The third-order valence-electron chi connectivity index (χ3n) is 3.01. The van der Waals surface area contributed by atoms with Gasteiger partial charge in [-0.1, -0.05) is 30.3 Å². The van der Waals surface area contributed by atoms with E-state index in [-0.39, 0.29) is 24.9 Å². The highest BCUT2D eigenvalue weighted by molar-refractivity contribution is 5.85. The Morgan fingerprint density at radius 2 is 1.80 bits per heavy atom. The van der Waals surface area contributed by atoms with Crippen LogP contribution in [0.3, 0.4) is 0 Å². The number of nitrogens with two attached hydrogens (primary N) is 2. The highest BCUT2D eigenvalue weighted by Crippen LogP contribution is 2.12. The van der Waals surface area contributed by atoms with Crippen LogP contribution in [0.1, 0.15) is 19.4 Å². The van der Waals surface area contributed by atoms with E-state index in [0.29, 0.717) is 6.42 Å². The number of benzene rings is 1. The Hall–Kier alpha value is -1.59. The molecule has 5 N–H and O–H groups in total. The van der Waals surface area contributed by atoms with Gasteiger partial charge in [0.15, 0.2) is 0 Å². The van der Waals surface area contributed by atoms with Crippen molar-refractivity contribution in [2.45, 2.75) is 26.3 Å². The molecule has 1 unspecified atom stereocenters. The van der Waals surface area contributed by atoms with E-state index in [1.807, 2.05) is 30.3 Å². The minimum absolute atomic E-state index is 0. The average molecular weight is 300 g/mol. The quantitative estimate of drug-likeness (QED) is 0.717. The minimum Gasteiger partial charge on any atom is -0.369 e. The Labute approximate surface area is 125 Å². The number of primary amides is 1. The first-order valence-corrected chi connectivity index (χ1v) is 6.20. The van der Waals surface area contributed by atoms with Crippen LogP contribution in [0, 0.1) is 5.41 Å². The molecule has 0 aliphatic heterocycles. The largest absolute Gasteiger partial charge is 0.369 e. The maximum atomic E-state index is 11.8. The van der Waals surface area contributed by atoms with Crippen LogP contribution in [0.15, 0.2) is 30.3 Å². The van der Waals surface area contributed by atoms with Gasteiger partial charge in [-0.05, 0) is 25.8 Å². The molecule has 0 saturated carbocycles. The molecule has 0 aliphatic rings. The van der Waals surface area contributed by atoms with Crippen molar-refractivity contribution in [3.8, 4) is 0 Å². The van der Waals surface area contributed by atoms with E-state index >= 15 is 0 Å². The number of rotatable bonds is 6. The summed E-state index contributed by atoms with van der Waals surface area (Å²) in [7, 11) is 0. The fraction of sp³-hybridized carbons (Fsp3) is 0.429. The molecule has 0 aromatic heterocycles. The summed E-state index contributed by atoms with van der Waals surface area (Å²) in [5, 5.41) is 2.66. The Balaban J connectivity index is 0.00000361. The predicted molar refractivity (Wildman–Crippen MR) is 81.4 cm³/mol. The zero-order chi connectivity index (χ0) is 14.5. The fourth-order valence-electron chi connectivity index (χ4n) is 1.49. The van der Waals surface area contributed by atoms with Gasteiger partial charge < -0.3 is 16.8 Å². The standard InChI is InChI=1S/C14H21N3O2.ClH/c1-14(2,13(16)19)9-17-12(18)11(15)8-10-6-4-3-5-7-10;/h3-7,11H,8-9,15H2,1-2H3,(H2,16,19)(H,17,18);1H. The number of hydrogen-bond acceptors (Lipinski definition) is 3. The molecule has 0 saturated heterocycles. The van der Waals surface area contributed by atoms with E-state index in [1.54, 1.807) is 13.8 Å². The molecule has 0 heterocycles. The maximum absolute atomic E-state index is 11.8. The first-order valence-electron chi connectivity index (χ1n) is 6.20. The second-order valence-corrected chi connectivity index (χ2v) is 5.26. The van der Waals surface area contributed by atoms with Gasteiger partial charge in [0.2, 0.25) is 11.8 Å². The van der Waals surface area contributed by atoms with E-state index in [4.69, 9.17) is 11.5 Å². The second-order valence-electron chi connectivity index (χ2n) is 5.26. The van der Waals surface area contributed by atoms with Crippen LogP contribution < -0.4 is 16.8 Å². The van der Waals surface area contributed by atoms with Crippen molar-refractivity contribution >= 4 is 24.2 Å². The van der Waals surface area contributed by atoms with Crippen molar-refractivity contribution in [3.63, 3.8) is 0 Å². The van der Waals surface area contributed by atoms with Gasteiger partial charge in [0.25, 0.3) is 0 Å². The van der Waals surface area contributed by atoms with Crippen molar-refractivity contribution < 1.29 is 9.59 Å². The molecule has 0 aliphatic carbocycles. The number of amides is 2.